The van der Waals surface area contributed by atoms with Crippen molar-refractivity contribution in [2.24, 2.45) is 0 Å². The fraction of sp³-hybridized carbons (Fsp3) is 0.471. The monoisotopic (exact) mass is 330 g/mol. The number of carbonyl (C=O) groups is 1. The lowest BCUT2D eigenvalue weighted by atomic mass is 10.1. The fourth-order valence-corrected chi connectivity index (χ4v) is 3.11. The maximum absolute atomic E-state index is 12.9. The molecule has 1 aliphatic rings. The largest absolute Gasteiger partial charge is 0.480 e. The Kier molecular flexibility index (Phi) is 4.80. The third-order valence-electron chi connectivity index (χ3n) is 4.39. The Labute approximate surface area is 141 Å². The van der Waals surface area contributed by atoms with Gasteiger partial charge in [0.1, 0.15) is 11.4 Å². The molecule has 0 saturated heterocycles. The zero-order chi connectivity index (χ0) is 17.1. The Hall–Kier alpha value is -2.41. The number of hydrogen-bond acceptors (Lipinski definition) is 5. The molecule has 128 valence electrons. The van der Waals surface area contributed by atoms with Crippen molar-refractivity contribution < 1.29 is 14.3 Å². The number of methoxy groups -OCH3 is 2. The second-order valence-corrected chi connectivity index (χ2v) is 5.74. The highest BCUT2D eigenvalue weighted by molar-refractivity contribution is 5.96. The van der Waals surface area contributed by atoms with Crippen LogP contribution in [0.25, 0.3) is 0 Å². The lowest BCUT2D eigenvalue weighted by molar-refractivity contribution is 0.0631. The number of nitrogens with zero attached hydrogens (tertiary/aromatic N) is 4. The van der Waals surface area contributed by atoms with E-state index in [0.717, 1.165) is 24.5 Å². The van der Waals surface area contributed by atoms with Crippen LogP contribution in [-0.2, 0) is 17.7 Å². The van der Waals surface area contributed by atoms with E-state index in [2.05, 4.69) is 14.5 Å². The number of carbonyl (C=O) groups excluding carboxylic acids is 1. The Morgan fingerprint density at radius 3 is 2.92 bits per heavy atom. The van der Waals surface area contributed by atoms with E-state index in [1.54, 1.807) is 25.4 Å². The summed E-state index contributed by atoms with van der Waals surface area (Å²) in [5.74, 6) is 1.17. The molecule has 1 amide bonds. The second-order valence-electron chi connectivity index (χ2n) is 5.74. The SMILES string of the molecule is COCCc1cnc2n1CCN(C(=O)c1cccnc1OC)[C@H]2C. The van der Waals surface area contributed by atoms with E-state index in [1.807, 2.05) is 18.0 Å². The molecule has 2 aromatic rings. The van der Waals surface area contributed by atoms with E-state index >= 15 is 0 Å². The van der Waals surface area contributed by atoms with Crippen LogP contribution in [0.15, 0.2) is 24.5 Å². The van der Waals surface area contributed by atoms with Crippen LogP contribution in [-0.4, -0.2) is 52.7 Å². The Morgan fingerprint density at radius 1 is 1.33 bits per heavy atom. The van der Waals surface area contributed by atoms with Crippen molar-refractivity contribution in [3.8, 4) is 5.88 Å². The minimum atomic E-state index is -0.104. The summed E-state index contributed by atoms with van der Waals surface area (Å²) in [6.07, 6.45) is 4.31. The molecule has 7 nitrogen and oxygen atoms in total. The Balaban J connectivity index is 1.84. The third kappa shape index (κ3) is 2.87. The third-order valence-corrected chi connectivity index (χ3v) is 4.39. The molecule has 3 heterocycles. The van der Waals surface area contributed by atoms with Gasteiger partial charge in [-0.1, -0.05) is 0 Å². The van der Waals surface area contributed by atoms with Crippen LogP contribution in [0.4, 0.5) is 0 Å². The quantitative estimate of drug-likeness (QED) is 0.834. The summed E-state index contributed by atoms with van der Waals surface area (Å²) >= 11 is 0. The first-order valence-electron chi connectivity index (χ1n) is 8.00. The maximum atomic E-state index is 12.9. The van der Waals surface area contributed by atoms with E-state index in [9.17, 15) is 4.79 Å². The smallest absolute Gasteiger partial charge is 0.260 e. The summed E-state index contributed by atoms with van der Waals surface area (Å²) in [6.45, 7) is 4.02. The normalized spacial score (nSPS) is 16.8. The minimum absolute atomic E-state index is 0.0832. The van der Waals surface area contributed by atoms with Gasteiger partial charge in [-0.25, -0.2) is 9.97 Å². The molecule has 3 rings (SSSR count). The summed E-state index contributed by atoms with van der Waals surface area (Å²) < 4.78 is 12.6. The number of aromatic nitrogens is 3. The Bertz CT molecular complexity index is 728. The highest BCUT2D eigenvalue weighted by Crippen LogP contribution is 2.28. The van der Waals surface area contributed by atoms with E-state index in [4.69, 9.17) is 9.47 Å². The molecule has 1 atom stereocenters. The molecular weight excluding hydrogens is 308 g/mol. The highest BCUT2D eigenvalue weighted by atomic mass is 16.5. The average Bonchev–Trinajstić information content (AvgIpc) is 3.03. The van der Waals surface area contributed by atoms with E-state index < -0.39 is 0 Å². The molecule has 0 N–H and O–H groups in total. The van der Waals surface area contributed by atoms with Gasteiger partial charge in [0.15, 0.2) is 0 Å². The van der Waals surface area contributed by atoms with Crippen LogP contribution in [0.1, 0.15) is 34.8 Å². The maximum Gasteiger partial charge on any atom is 0.260 e. The second kappa shape index (κ2) is 7.00. The van der Waals surface area contributed by atoms with Gasteiger partial charge in [0, 0.05) is 44.7 Å². The lowest BCUT2D eigenvalue weighted by Crippen LogP contribution is -2.41. The van der Waals surface area contributed by atoms with Gasteiger partial charge in [0.05, 0.1) is 19.8 Å². The van der Waals surface area contributed by atoms with Crippen LogP contribution in [0.3, 0.4) is 0 Å². The number of amides is 1. The molecule has 0 saturated carbocycles. The van der Waals surface area contributed by atoms with Gasteiger partial charge in [-0.05, 0) is 19.1 Å². The van der Waals surface area contributed by atoms with Gasteiger partial charge < -0.3 is 18.9 Å². The number of hydrogen-bond donors (Lipinski definition) is 0. The average molecular weight is 330 g/mol. The van der Waals surface area contributed by atoms with Crippen LogP contribution < -0.4 is 4.74 Å². The van der Waals surface area contributed by atoms with Crippen molar-refractivity contribution >= 4 is 5.91 Å². The van der Waals surface area contributed by atoms with Crippen molar-refractivity contribution in [3.63, 3.8) is 0 Å². The van der Waals surface area contributed by atoms with Crippen molar-refractivity contribution in [1.82, 2.24) is 19.4 Å². The summed E-state index contributed by atoms with van der Waals surface area (Å²) in [7, 11) is 3.21. The van der Waals surface area contributed by atoms with Crippen LogP contribution in [0.2, 0.25) is 0 Å². The van der Waals surface area contributed by atoms with Crippen LogP contribution >= 0.6 is 0 Å². The summed E-state index contributed by atoms with van der Waals surface area (Å²) in [5.41, 5.74) is 1.62. The first-order valence-corrected chi connectivity index (χ1v) is 8.00. The summed E-state index contributed by atoms with van der Waals surface area (Å²) in [5, 5.41) is 0. The lowest BCUT2D eigenvalue weighted by Gasteiger charge is -2.34. The molecule has 0 bridgehead atoms. The summed E-state index contributed by atoms with van der Waals surface area (Å²) in [6, 6.07) is 3.38. The first-order chi connectivity index (χ1) is 11.7. The number of ether oxygens (including phenoxy) is 2. The van der Waals surface area contributed by atoms with Gasteiger partial charge >= 0.3 is 0 Å². The van der Waals surface area contributed by atoms with Gasteiger partial charge in [0.2, 0.25) is 5.88 Å². The fourth-order valence-electron chi connectivity index (χ4n) is 3.11. The predicted octanol–water partition coefficient (Wildman–Crippen LogP) is 1.69. The first kappa shape index (κ1) is 16.4. The number of pyridine rings is 1. The molecule has 7 heteroatoms. The topological polar surface area (TPSA) is 69.5 Å². The zero-order valence-electron chi connectivity index (χ0n) is 14.2. The number of imidazole rings is 1. The standard InChI is InChI=1S/C17H22N4O3/c1-12-15-19-11-13(6-10-23-2)21(15)9-8-20(12)17(22)14-5-4-7-18-16(14)24-3/h4-5,7,11-12H,6,8-10H2,1-3H3/t12-/m0/s1. The van der Waals surface area contributed by atoms with E-state index in [0.29, 0.717) is 24.6 Å². The van der Waals surface area contributed by atoms with E-state index in [1.165, 1.54) is 7.11 Å². The van der Waals surface area contributed by atoms with Crippen LogP contribution in [0, 0.1) is 0 Å². The van der Waals surface area contributed by atoms with Crippen LogP contribution in [0.5, 0.6) is 5.88 Å². The van der Waals surface area contributed by atoms with Crippen molar-refractivity contribution in [3.05, 3.63) is 41.6 Å². The molecule has 0 radical (unpaired) electrons. The van der Waals surface area contributed by atoms with Crippen molar-refractivity contribution in [2.75, 3.05) is 27.4 Å². The summed E-state index contributed by atoms with van der Waals surface area (Å²) in [4.78, 5) is 23.4. The molecular formula is C17H22N4O3. The van der Waals surface area contributed by atoms with Crippen molar-refractivity contribution in [1.29, 1.82) is 0 Å². The Morgan fingerprint density at radius 2 is 2.17 bits per heavy atom. The molecule has 0 unspecified atom stereocenters. The molecule has 0 fully saturated rings. The zero-order valence-corrected chi connectivity index (χ0v) is 14.2. The number of fused-ring (bicyclic) bond motifs is 1. The molecule has 0 spiro atoms. The van der Waals surface area contributed by atoms with Gasteiger partial charge in [-0.15, -0.1) is 0 Å². The molecule has 24 heavy (non-hydrogen) atoms. The van der Waals surface area contributed by atoms with Gasteiger partial charge in [-0.2, -0.15) is 0 Å². The van der Waals surface area contributed by atoms with Gasteiger partial charge in [-0.3, -0.25) is 4.79 Å². The number of rotatable bonds is 5. The minimum Gasteiger partial charge on any atom is -0.480 e. The molecule has 1 aliphatic heterocycles. The molecule has 2 aromatic heterocycles. The predicted molar refractivity (Wildman–Crippen MR) is 88.0 cm³/mol. The van der Waals surface area contributed by atoms with E-state index in [-0.39, 0.29) is 11.9 Å². The van der Waals surface area contributed by atoms with Crippen molar-refractivity contribution in [2.45, 2.75) is 25.9 Å². The van der Waals surface area contributed by atoms with Gasteiger partial charge in [0.25, 0.3) is 5.91 Å². The highest BCUT2D eigenvalue weighted by Gasteiger charge is 2.32. The molecule has 0 aliphatic carbocycles. The molecule has 0 aromatic carbocycles.